The third-order valence-electron chi connectivity index (χ3n) is 2.85. The van der Waals surface area contributed by atoms with Crippen molar-refractivity contribution in [3.05, 3.63) is 18.2 Å². The van der Waals surface area contributed by atoms with Gasteiger partial charge in [-0.25, -0.2) is 13.6 Å². The van der Waals surface area contributed by atoms with Gasteiger partial charge in [-0.3, -0.25) is 0 Å². The summed E-state index contributed by atoms with van der Waals surface area (Å²) in [6.07, 6.45) is 0. The average molecular weight is 287 g/mol. The van der Waals surface area contributed by atoms with Gasteiger partial charge in [-0.2, -0.15) is 11.8 Å². The van der Waals surface area contributed by atoms with Crippen LogP contribution < -0.4 is 15.8 Å². The van der Waals surface area contributed by atoms with E-state index in [1.165, 1.54) is 6.07 Å². The first-order valence-electron chi connectivity index (χ1n) is 5.66. The molecule has 18 heavy (non-hydrogen) atoms. The molecule has 1 heterocycles. The summed E-state index contributed by atoms with van der Waals surface area (Å²) in [5, 5.41) is 5.67. The fourth-order valence-electron chi connectivity index (χ4n) is 2.01. The van der Waals surface area contributed by atoms with Crippen LogP contribution in [-0.4, -0.2) is 32.5 Å². The van der Waals surface area contributed by atoms with E-state index in [9.17, 15) is 8.42 Å². The molecule has 0 spiro atoms. The van der Waals surface area contributed by atoms with Crippen LogP contribution in [0.4, 0.5) is 11.4 Å². The van der Waals surface area contributed by atoms with E-state index >= 15 is 0 Å². The monoisotopic (exact) mass is 287 g/mol. The molecular weight excluding hydrogens is 270 g/mol. The molecule has 1 aliphatic rings. The Labute approximate surface area is 112 Å². The van der Waals surface area contributed by atoms with Crippen LogP contribution in [0, 0.1) is 0 Å². The highest BCUT2D eigenvalue weighted by atomic mass is 32.2. The summed E-state index contributed by atoms with van der Waals surface area (Å²) in [5.74, 6) is 1.03. The number of primary sulfonamides is 1. The van der Waals surface area contributed by atoms with Crippen LogP contribution in [0.15, 0.2) is 23.1 Å². The summed E-state index contributed by atoms with van der Waals surface area (Å²) < 4.78 is 22.8. The van der Waals surface area contributed by atoms with Crippen LogP contribution in [0.1, 0.15) is 6.92 Å². The van der Waals surface area contributed by atoms with Gasteiger partial charge >= 0.3 is 0 Å². The van der Waals surface area contributed by atoms with E-state index in [4.69, 9.17) is 10.9 Å². The molecule has 1 atom stereocenters. The van der Waals surface area contributed by atoms with Crippen LogP contribution in [0.3, 0.4) is 0 Å². The summed E-state index contributed by atoms with van der Waals surface area (Å²) in [6.45, 7) is 3.93. The van der Waals surface area contributed by atoms with Gasteiger partial charge in [-0.05, 0) is 18.2 Å². The number of sulfonamides is 1. The summed E-state index contributed by atoms with van der Waals surface area (Å²) in [4.78, 5) is 2.22. The molecule has 1 fully saturated rings. The van der Waals surface area contributed by atoms with Crippen LogP contribution in [-0.2, 0) is 10.0 Å². The first-order chi connectivity index (χ1) is 8.36. The predicted octanol–water partition coefficient (Wildman–Crippen LogP) is 0.858. The largest absolute Gasteiger partial charge is 0.399 e. The minimum Gasteiger partial charge on any atom is -0.399 e. The second-order valence-corrected chi connectivity index (χ2v) is 7.54. The molecule has 100 valence electrons. The Morgan fingerprint density at radius 3 is 2.72 bits per heavy atom. The molecule has 1 aliphatic heterocycles. The lowest BCUT2D eigenvalue weighted by Gasteiger charge is -2.32. The molecule has 7 heteroatoms. The van der Waals surface area contributed by atoms with Gasteiger partial charge in [0.05, 0.1) is 4.90 Å². The Hall–Kier alpha value is -0.920. The topological polar surface area (TPSA) is 89.4 Å². The maximum atomic E-state index is 11.4. The number of nitrogen functional groups attached to an aromatic ring is 1. The number of benzene rings is 1. The third kappa shape index (κ3) is 3.09. The highest BCUT2D eigenvalue weighted by Crippen LogP contribution is 2.27. The van der Waals surface area contributed by atoms with E-state index in [0.29, 0.717) is 10.9 Å². The molecular formula is C11H17N3O2S2. The van der Waals surface area contributed by atoms with Gasteiger partial charge in [-0.1, -0.05) is 6.92 Å². The smallest absolute Gasteiger partial charge is 0.238 e. The zero-order valence-corrected chi connectivity index (χ0v) is 11.8. The molecule has 0 aliphatic carbocycles. The van der Waals surface area contributed by atoms with Crippen LogP contribution in [0.2, 0.25) is 0 Å². The molecule has 1 saturated heterocycles. The van der Waals surface area contributed by atoms with Gasteiger partial charge in [0.15, 0.2) is 0 Å². The lowest BCUT2D eigenvalue weighted by atomic mass is 10.2. The zero-order chi connectivity index (χ0) is 13.3. The number of anilines is 2. The number of hydrogen-bond donors (Lipinski definition) is 2. The van der Waals surface area contributed by atoms with Crippen molar-refractivity contribution in [2.75, 3.05) is 29.5 Å². The second-order valence-electron chi connectivity index (χ2n) is 4.43. The van der Waals surface area contributed by atoms with Crippen LogP contribution >= 0.6 is 11.8 Å². The van der Waals surface area contributed by atoms with Crippen molar-refractivity contribution in [3.8, 4) is 0 Å². The van der Waals surface area contributed by atoms with E-state index in [2.05, 4.69) is 11.8 Å². The number of hydrogen-bond acceptors (Lipinski definition) is 5. The van der Waals surface area contributed by atoms with Crippen molar-refractivity contribution >= 4 is 33.2 Å². The van der Waals surface area contributed by atoms with Gasteiger partial charge in [0.25, 0.3) is 0 Å². The number of nitrogens with two attached hydrogens (primary N) is 2. The Balaban J connectivity index is 2.36. The maximum absolute atomic E-state index is 11.4. The van der Waals surface area contributed by atoms with E-state index in [-0.39, 0.29) is 4.90 Å². The maximum Gasteiger partial charge on any atom is 0.238 e. The molecule has 1 aromatic carbocycles. The minimum atomic E-state index is -3.71. The normalized spacial score (nSPS) is 21.0. The molecule has 1 aromatic rings. The molecule has 0 saturated carbocycles. The summed E-state index contributed by atoms with van der Waals surface area (Å²) in [7, 11) is -3.71. The van der Waals surface area contributed by atoms with Crippen molar-refractivity contribution in [1.29, 1.82) is 0 Å². The standard InChI is InChI=1S/C11H17N3O2S2/c1-8-7-14(2-3-17-8)10-4-9(12)5-11(6-10)18(13,15)16/h4-6,8H,2-3,7,12H2,1H3,(H2,13,15,16). The third-order valence-corrected chi connectivity index (χ3v) is 4.88. The Bertz CT molecular complexity index is 545. The molecule has 2 rings (SSSR count). The molecule has 0 bridgehead atoms. The van der Waals surface area contributed by atoms with Crippen molar-refractivity contribution in [2.45, 2.75) is 17.1 Å². The van der Waals surface area contributed by atoms with Gasteiger partial charge < -0.3 is 10.6 Å². The average Bonchev–Trinajstić information content (AvgIpc) is 2.27. The highest BCUT2D eigenvalue weighted by Gasteiger charge is 2.19. The van der Waals surface area contributed by atoms with E-state index in [0.717, 1.165) is 24.5 Å². The molecule has 1 unspecified atom stereocenters. The fraction of sp³-hybridized carbons (Fsp3) is 0.455. The van der Waals surface area contributed by atoms with Crippen molar-refractivity contribution in [3.63, 3.8) is 0 Å². The number of nitrogens with zero attached hydrogens (tertiary/aromatic N) is 1. The highest BCUT2D eigenvalue weighted by molar-refractivity contribution is 8.00. The van der Waals surface area contributed by atoms with E-state index < -0.39 is 10.0 Å². The lowest BCUT2D eigenvalue weighted by molar-refractivity contribution is 0.598. The molecule has 0 amide bonds. The number of thioether (sulfide) groups is 1. The van der Waals surface area contributed by atoms with E-state index in [1.54, 1.807) is 12.1 Å². The summed E-state index contributed by atoms with van der Waals surface area (Å²) >= 11 is 1.91. The molecule has 0 radical (unpaired) electrons. The van der Waals surface area contributed by atoms with Crippen LogP contribution in [0.5, 0.6) is 0 Å². The quantitative estimate of drug-likeness (QED) is 0.787. The van der Waals surface area contributed by atoms with E-state index in [1.807, 2.05) is 11.8 Å². The van der Waals surface area contributed by atoms with Gasteiger partial charge in [0.2, 0.25) is 10.0 Å². The minimum absolute atomic E-state index is 0.0726. The first-order valence-corrected chi connectivity index (χ1v) is 8.25. The van der Waals surface area contributed by atoms with Crippen molar-refractivity contribution in [1.82, 2.24) is 0 Å². The lowest BCUT2D eigenvalue weighted by Crippen LogP contribution is -2.36. The molecule has 5 nitrogen and oxygen atoms in total. The summed E-state index contributed by atoms with van der Waals surface area (Å²) in [5.41, 5.74) is 6.99. The van der Waals surface area contributed by atoms with Crippen molar-refractivity contribution in [2.24, 2.45) is 5.14 Å². The molecule has 0 aromatic heterocycles. The first kappa shape index (κ1) is 13.5. The number of rotatable bonds is 2. The summed E-state index contributed by atoms with van der Waals surface area (Å²) in [6, 6.07) is 4.77. The predicted molar refractivity (Wildman–Crippen MR) is 76.4 cm³/mol. The Kier molecular flexibility index (Phi) is 3.74. The Morgan fingerprint density at radius 1 is 1.39 bits per heavy atom. The Morgan fingerprint density at radius 2 is 2.11 bits per heavy atom. The second kappa shape index (κ2) is 4.99. The fourth-order valence-corrected chi connectivity index (χ4v) is 3.60. The van der Waals surface area contributed by atoms with Crippen molar-refractivity contribution < 1.29 is 8.42 Å². The van der Waals surface area contributed by atoms with Gasteiger partial charge in [-0.15, -0.1) is 0 Å². The van der Waals surface area contributed by atoms with Gasteiger partial charge in [0, 0.05) is 35.5 Å². The SMILES string of the molecule is CC1CN(c2cc(N)cc(S(N)(=O)=O)c2)CCS1. The molecule has 4 N–H and O–H groups in total. The zero-order valence-electron chi connectivity index (χ0n) is 10.2. The van der Waals surface area contributed by atoms with Crippen LogP contribution in [0.25, 0.3) is 0 Å². The van der Waals surface area contributed by atoms with Gasteiger partial charge in [0.1, 0.15) is 0 Å².